The fraction of sp³-hybridized carbons (Fsp3) is 0.429. The maximum atomic E-state index is 13.7. The molecule has 210 valence electrons. The van der Waals surface area contributed by atoms with Crippen LogP contribution in [0.15, 0.2) is 41.5 Å². The Bertz CT molecular complexity index is 1570. The zero-order chi connectivity index (χ0) is 28.0. The lowest BCUT2D eigenvalue weighted by Gasteiger charge is -2.34. The number of amides is 1. The van der Waals surface area contributed by atoms with Crippen molar-refractivity contribution < 1.29 is 23.4 Å². The number of aromatic nitrogens is 4. The molecule has 2 aliphatic heterocycles. The number of nitrogens with one attached hydrogen (secondary N) is 1. The summed E-state index contributed by atoms with van der Waals surface area (Å²) in [7, 11) is 0. The maximum Gasteiger partial charge on any atom is 0.387 e. The summed E-state index contributed by atoms with van der Waals surface area (Å²) in [4.78, 5) is 29.5. The molecule has 3 aromatic heterocycles. The number of aromatic amines is 1. The van der Waals surface area contributed by atoms with Gasteiger partial charge in [0.2, 0.25) is 0 Å². The number of rotatable bonds is 7. The second-order valence-corrected chi connectivity index (χ2v) is 10.5. The summed E-state index contributed by atoms with van der Waals surface area (Å²) in [5, 5.41) is 15.7. The lowest BCUT2D eigenvalue weighted by Crippen LogP contribution is -2.38. The van der Waals surface area contributed by atoms with Crippen molar-refractivity contribution in [2.45, 2.75) is 44.9 Å². The van der Waals surface area contributed by atoms with Gasteiger partial charge in [-0.1, -0.05) is 6.07 Å². The molecular weight excluding hydrogens is 520 g/mol. The number of halogens is 2. The maximum absolute atomic E-state index is 13.7. The zero-order valence-corrected chi connectivity index (χ0v) is 22.1. The van der Waals surface area contributed by atoms with Crippen molar-refractivity contribution in [3.05, 3.63) is 53.5 Å². The first kappa shape index (κ1) is 26.2. The molecule has 3 unspecified atom stereocenters. The van der Waals surface area contributed by atoms with E-state index in [1.54, 1.807) is 27.6 Å². The molecule has 6 rings (SSSR count). The van der Waals surface area contributed by atoms with Gasteiger partial charge < -0.3 is 29.6 Å². The highest BCUT2D eigenvalue weighted by molar-refractivity contribution is 6.00. The molecule has 12 heteroatoms. The van der Waals surface area contributed by atoms with Gasteiger partial charge in [-0.2, -0.15) is 13.9 Å². The number of aliphatic hydroxyl groups is 1. The van der Waals surface area contributed by atoms with Crippen LogP contribution in [0.3, 0.4) is 0 Å². The standard InChI is InChI=1S/C28H31F2N7O3/c1-16-13-37-25(33-26(16)35-14-17(12-31-2)23(38)15-35)11-20(34-37)22-7-3-4-9-36(22)27(39)21-10-18-19(32-21)6-5-8-24(18)40-28(29)30/h5-6,8,10-11,13,17,22-23,28,32,38H,2-4,7,9,12,14-15H2,1H3. The van der Waals surface area contributed by atoms with Crippen LogP contribution in [0.1, 0.15) is 47.1 Å². The van der Waals surface area contributed by atoms with Crippen molar-refractivity contribution in [1.29, 1.82) is 0 Å². The molecule has 1 amide bonds. The quantitative estimate of drug-likeness (QED) is 0.336. The van der Waals surface area contributed by atoms with E-state index in [2.05, 4.69) is 26.3 Å². The SMILES string of the molecule is C=NCC1CN(c2nc3cc(C4CCCCN4C(=O)c4cc5c(OC(F)F)cccc5[nH]4)nn3cc2C)CC1O. The number of fused-ring (bicyclic) bond motifs is 2. The molecule has 2 aliphatic rings. The summed E-state index contributed by atoms with van der Waals surface area (Å²) in [5.74, 6) is 0.604. The molecule has 2 fully saturated rings. The van der Waals surface area contributed by atoms with E-state index in [9.17, 15) is 18.7 Å². The van der Waals surface area contributed by atoms with Gasteiger partial charge in [-0.15, -0.1) is 0 Å². The van der Waals surface area contributed by atoms with Crippen LogP contribution >= 0.6 is 0 Å². The minimum Gasteiger partial charge on any atom is -0.434 e. The van der Waals surface area contributed by atoms with Crippen molar-refractivity contribution in [2.24, 2.45) is 10.9 Å². The molecule has 0 radical (unpaired) electrons. The number of hydrogen-bond acceptors (Lipinski definition) is 7. The summed E-state index contributed by atoms with van der Waals surface area (Å²) >= 11 is 0. The molecule has 2 saturated heterocycles. The van der Waals surface area contributed by atoms with Crippen LogP contribution < -0.4 is 9.64 Å². The van der Waals surface area contributed by atoms with Gasteiger partial charge in [0.25, 0.3) is 5.91 Å². The Kier molecular flexibility index (Phi) is 6.87. The number of likely N-dealkylation sites (tertiary alicyclic amines) is 1. The molecule has 0 spiro atoms. The third-order valence-corrected chi connectivity index (χ3v) is 7.87. The first-order chi connectivity index (χ1) is 19.3. The summed E-state index contributed by atoms with van der Waals surface area (Å²) in [6.07, 6.45) is 3.98. The molecule has 5 heterocycles. The highest BCUT2D eigenvalue weighted by Crippen LogP contribution is 2.34. The predicted molar refractivity (Wildman–Crippen MR) is 146 cm³/mol. The van der Waals surface area contributed by atoms with E-state index in [4.69, 9.17) is 10.1 Å². The summed E-state index contributed by atoms with van der Waals surface area (Å²) < 4.78 is 32.2. The number of carbonyl (C=O) groups excluding carboxylic acids is 1. The normalized spacial score (nSPS) is 21.6. The summed E-state index contributed by atoms with van der Waals surface area (Å²) in [5.41, 5.74) is 3.19. The van der Waals surface area contributed by atoms with Gasteiger partial charge in [0.15, 0.2) is 5.65 Å². The molecule has 3 atom stereocenters. The van der Waals surface area contributed by atoms with Gasteiger partial charge in [-0.25, -0.2) is 9.50 Å². The van der Waals surface area contributed by atoms with Gasteiger partial charge in [0.05, 0.1) is 17.8 Å². The van der Waals surface area contributed by atoms with Crippen molar-refractivity contribution in [3.63, 3.8) is 0 Å². The van der Waals surface area contributed by atoms with Gasteiger partial charge in [0, 0.05) is 60.8 Å². The molecule has 4 aromatic rings. The number of aryl methyl sites for hydroxylation is 1. The number of ether oxygens (including phenoxy) is 1. The lowest BCUT2D eigenvalue weighted by atomic mass is 9.99. The third kappa shape index (κ3) is 4.76. The number of hydrogen-bond donors (Lipinski definition) is 2. The second kappa shape index (κ2) is 10.5. The topological polar surface area (TPSA) is 111 Å². The van der Waals surface area contributed by atoms with Crippen molar-refractivity contribution in [3.8, 4) is 5.75 Å². The van der Waals surface area contributed by atoms with Gasteiger partial charge in [0.1, 0.15) is 17.3 Å². The minimum atomic E-state index is -2.96. The number of aliphatic imine (C=N–C) groups is 1. The minimum absolute atomic E-state index is 0.0138. The number of benzene rings is 1. The Balaban J connectivity index is 1.29. The average Bonchev–Trinajstić information content (AvgIpc) is 3.65. The van der Waals surface area contributed by atoms with Gasteiger partial charge in [-0.3, -0.25) is 4.79 Å². The van der Waals surface area contributed by atoms with E-state index in [0.717, 1.165) is 36.3 Å². The van der Waals surface area contributed by atoms with E-state index >= 15 is 0 Å². The average molecular weight is 552 g/mol. The van der Waals surface area contributed by atoms with Crippen molar-refractivity contribution in [2.75, 3.05) is 31.1 Å². The monoisotopic (exact) mass is 551 g/mol. The Hall–Kier alpha value is -4.06. The highest BCUT2D eigenvalue weighted by atomic mass is 19.3. The fourth-order valence-corrected chi connectivity index (χ4v) is 5.95. The highest BCUT2D eigenvalue weighted by Gasteiger charge is 2.34. The number of H-pyrrole nitrogens is 1. The predicted octanol–water partition coefficient (Wildman–Crippen LogP) is 3.99. The fourth-order valence-electron chi connectivity index (χ4n) is 5.95. The molecule has 2 N–H and O–H groups in total. The van der Waals surface area contributed by atoms with Crippen LogP contribution in [0.5, 0.6) is 5.75 Å². The molecule has 0 saturated carbocycles. The van der Waals surface area contributed by atoms with Crippen LogP contribution in [0, 0.1) is 12.8 Å². The molecular formula is C28H31F2N7O3. The number of anilines is 1. The second-order valence-electron chi connectivity index (χ2n) is 10.5. The van der Waals surface area contributed by atoms with Crippen LogP contribution in [-0.2, 0) is 0 Å². The number of β-amino-alcohol motifs (C(OH)–C–C–N with tert-alkyl or cyclic N) is 1. The molecule has 10 nitrogen and oxygen atoms in total. The first-order valence-corrected chi connectivity index (χ1v) is 13.4. The summed E-state index contributed by atoms with van der Waals surface area (Å²) in [6.45, 7) is 4.73. The first-order valence-electron chi connectivity index (χ1n) is 13.4. The molecule has 0 bridgehead atoms. The summed E-state index contributed by atoms with van der Waals surface area (Å²) in [6, 6.07) is 8.01. The number of nitrogens with zero attached hydrogens (tertiary/aromatic N) is 6. The molecule has 40 heavy (non-hydrogen) atoms. The Morgan fingerprint density at radius 1 is 1.30 bits per heavy atom. The lowest BCUT2D eigenvalue weighted by molar-refractivity contribution is -0.0487. The zero-order valence-electron chi connectivity index (χ0n) is 22.1. The smallest absolute Gasteiger partial charge is 0.387 e. The Morgan fingerprint density at radius 3 is 2.95 bits per heavy atom. The van der Waals surface area contributed by atoms with E-state index in [0.29, 0.717) is 48.4 Å². The van der Waals surface area contributed by atoms with Crippen LogP contribution in [0.2, 0.25) is 0 Å². The van der Waals surface area contributed by atoms with Gasteiger partial charge >= 0.3 is 6.61 Å². The van der Waals surface area contributed by atoms with Crippen LogP contribution in [-0.4, -0.2) is 81.1 Å². The third-order valence-electron chi connectivity index (χ3n) is 7.87. The van der Waals surface area contributed by atoms with Crippen molar-refractivity contribution >= 4 is 35.0 Å². The van der Waals surface area contributed by atoms with Crippen molar-refractivity contribution in [1.82, 2.24) is 24.5 Å². The number of carbonyl (C=O) groups is 1. The number of aliphatic hydroxyl groups excluding tert-OH is 1. The Morgan fingerprint density at radius 2 is 2.15 bits per heavy atom. The van der Waals surface area contributed by atoms with Gasteiger partial charge in [-0.05, 0) is 51.1 Å². The van der Waals surface area contributed by atoms with E-state index in [1.807, 2.05) is 19.2 Å². The van der Waals surface area contributed by atoms with Crippen LogP contribution in [0.4, 0.5) is 14.6 Å². The number of alkyl halides is 2. The molecule has 0 aliphatic carbocycles. The largest absolute Gasteiger partial charge is 0.434 e. The molecule has 1 aromatic carbocycles. The number of piperidine rings is 1. The van der Waals surface area contributed by atoms with E-state index < -0.39 is 12.7 Å². The Labute approximate surface area is 229 Å². The van der Waals surface area contributed by atoms with Crippen LogP contribution in [0.25, 0.3) is 16.6 Å². The van der Waals surface area contributed by atoms with E-state index in [1.165, 1.54) is 6.07 Å². The van der Waals surface area contributed by atoms with E-state index in [-0.39, 0.29) is 23.6 Å².